The number of unbranched alkanes of at least 4 members (excludes halogenated alkanes) is 4. The predicted octanol–water partition coefficient (Wildman–Crippen LogP) is 13.4. The summed E-state index contributed by atoms with van der Waals surface area (Å²) in [6, 6.07) is 0.530. The monoisotopic (exact) mass is 794 g/mol. The molecule has 1 N–H and O–H groups in total. The topological polar surface area (TPSA) is 76.1 Å². The minimum absolute atomic E-state index is 0.0652. The van der Waals surface area contributed by atoms with Crippen LogP contribution in [-0.2, 0) is 19.1 Å². The van der Waals surface area contributed by atoms with Gasteiger partial charge in [0.25, 0.3) is 0 Å². The third-order valence-corrected chi connectivity index (χ3v) is 13.6. The van der Waals surface area contributed by atoms with Crippen molar-refractivity contribution in [3.8, 4) is 0 Å². The second-order valence-corrected chi connectivity index (χ2v) is 18.8. The number of ether oxygens (including phenoxy) is 2. The summed E-state index contributed by atoms with van der Waals surface area (Å²) < 4.78 is 11.8. The first-order chi connectivity index (χ1) is 27.1. The molecule has 55 heavy (non-hydrogen) atoms. The van der Waals surface area contributed by atoms with E-state index in [0.29, 0.717) is 19.3 Å². The molecule has 7 heteroatoms. The van der Waals surface area contributed by atoms with E-state index in [1.54, 1.807) is 0 Å². The molecule has 2 aliphatic rings. The van der Waals surface area contributed by atoms with Gasteiger partial charge in [-0.25, -0.2) is 0 Å². The normalized spacial score (nSPS) is 19.6. The van der Waals surface area contributed by atoms with Gasteiger partial charge in [0, 0.05) is 24.1 Å². The van der Waals surface area contributed by atoms with Gasteiger partial charge >= 0.3 is 11.9 Å². The lowest BCUT2D eigenvalue weighted by atomic mass is 9.94. The fourth-order valence-corrected chi connectivity index (χ4v) is 9.65. The zero-order chi connectivity index (χ0) is 39.3. The van der Waals surface area contributed by atoms with Crippen LogP contribution >= 0.6 is 11.8 Å². The average Bonchev–Trinajstić information content (AvgIpc) is 3.21. The van der Waals surface area contributed by atoms with E-state index in [9.17, 15) is 14.7 Å². The number of hydrogen-bond acceptors (Lipinski definition) is 7. The van der Waals surface area contributed by atoms with Gasteiger partial charge in [0.2, 0.25) is 0 Å². The van der Waals surface area contributed by atoms with E-state index in [4.69, 9.17) is 9.47 Å². The lowest BCUT2D eigenvalue weighted by molar-refractivity contribution is -0.150. The Hall–Kier alpha value is -0.790. The quantitative estimate of drug-likeness (QED) is 0.0971. The van der Waals surface area contributed by atoms with E-state index < -0.39 is 0 Å². The predicted molar refractivity (Wildman–Crippen MR) is 236 cm³/mol. The van der Waals surface area contributed by atoms with Crippen molar-refractivity contribution in [1.29, 1.82) is 0 Å². The van der Waals surface area contributed by atoms with Gasteiger partial charge in [0.15, 0.2) is 0 Å². The zero-order valence-corrected chi connectivity index (χ0v) is 37.2. The summed E-state index contributed by atoms with van der Waals surface area (Å²) in [5.41, 5.74) is 0. The third kappa shape index (κ3) is 29.1. The number of carbonyl (C=O) groups excluding carboxylic acids is 2. The summed E-state index contributed by atoms with van der Waals surface area (Å²) in [5, 5.41) is 9.22. The largest absolute Gasteiger partial charge is 0.465 e. The van der Waals surface area contributed by atoms with E-state index >= 15 is 0 Å². The van der Waals surface area contributed by atoms with E-state index in [-0.39, 0.29) is 30.4 Å². The van der Waals surface area contributed by atoms with Gasteiger partial charge in [-0.05, 0) is 58.4 Å². The van der Waals surface area contributed by atoms with Crippen molar-refractivity contribution >= 4 is 23.7 Å². The number of carbonyl (C=O) groups is 2. The molecular weight excluding hydrogens is 703 g/mol. The minimum atomic E-state index is 0.0652. The average molecular weight is 794 g/mol. The van der Waals surface area contributed by atoms with Gasteiger partial charge < -0.3 is 19.5 Å². The van der Waals surface area contributed by atoms with Gasteiger partial charge in [0.05, 0.1) is 31.7 Å². The SMILES string of the molecule is CN(CCSCCO)C(CCCCCOC(=O)C1CCCCCCCCCCCCCC1)CCCCCOC(=O)C1CCCCCCCCCCCCCC1. The number of nitrogens with zero attached hydrogens (tertiary/aromatic N) is 1. The molecule has 0 aromatic heterocycles. The van der Waals surface area contributed by atoms with Gasteiger partial charge in [-0.3, -0.25) is 9.59 Å². The number of aliphatic hydroxyl groups excluding tert-OH is 1. The Bertz CT molecular complexity index is 781. The van der Waals surface area contributed by atoms with Crippen LogP contribution in [0.25, 0.3) is 0 Å². The Kier molecular flexibility index (Phi) is 34.3. The summed E-state index contributed by atoms with van der Waals surface area (Å²) in [6.45, 7) is 2.40. The summed E-state index contributed by atoms with van der Waals surface area (Å²) in [7, 11) is 2.26. The zero-order valence-electron chi connectivity index (χ0n) is 36.4. The lowest BCUT2D eigenvalue weighted by Gasteiger charge is -2.28. The second kappa shape index (κ2) is 37.5. The van der Waals surface area contributed by atoms with E-state index in [1.807, 2.05) is 11.8 Å². The lowest BCUT2D eigenvalue weighted by Crippen LogP contribution is -2.33. The molecule has 0 saturated heterocycles. The number of aliphatic hydroxyl groups is 1. The molecule has 324 valence electrons. The molecule has 0 spiro atoms. The van der Waals surface area contributed by atoms with Crippen LogP contribution in [0.2, 0.25) is 0 Å². The Balaban J connectivity index is 1.69. The van der Waals surface area contributed by atoms with Gasteiger partial charge in [-0.15, -0.1) is 0 Å². The molecule has 0 bridgehead atoms. The second-order valence-electron chi connectivity index (χ2n) is 17.5. The van der Waals surface area contributed by atoms with Crippen LogP contribution in [0.15, 0.2) is 0 Å². The molecule has 0 unspecified atom stereocenters. The maximum absolute atomic E-state index is 13.1. The smallest absolute Gasteiger partial charge is 0.308 e. The highest BCUT2D eigenvalue weighted by atomic mass is 32.2. The van der Waals surface area contributed by atoms with Crippen LogP contribution in [0.4, 0.5) is 0 Å². The summed E-state index contributed by atoms with van der Waals surface area (Å²) in [4.78, 5) is 28.7. The van der Waals surface area contributed by atoms with Gasteiger partial charge in [-0.2, -0.15) is 11.8 Å². The van der Waals surface area contributed by atoms with Gasteiger partial charge in [-0.1, -0.05) is 180 Å². The highest BCUT2D eigenvalue weighted by molar-refractivity contribution is 7.99. The molecule has 2 aliphatic carbocycles. The summed E-state index contributed by atoms with van der Waals surface area (Å²) in [6.07, 6.45) is 44.2. The number of rotatable bonds is 20. The first-order valence-electron chi connectivity index (χ1n) is 24.3. The van der Waals surface area contributed by atoms with E-state index in [1.165, 1.54) is 154 Å². The number of thioether (sulfide) groups is 1. The number of hydrogen-bond donors (Lipinski definition) is 1. The fourth-order valence-electron chi connectivity index (χ4n) is 8.90. The van der Waals surface area contributed by atoms with E-state index in [2.05, 4.69) is 11.9 Å². The molecule has 0 atom stereocenters. The van der Waals surface area contributed by atoms with Crippen LogP contribution in [0.5, 0.6) is 0 Å². The van der Waals surface area contributed by atoms with Crippen LogP contribution in [-0.4, -0.2) is 72.9 Å². The Labute approximate surface area is 345 Å². The van der Waals surface area contributed by atoms with Crippen molar-refractivity contribution < 1.29 is 24.2 Å². The van der Waals surface area contributed by atoms with Crippen molar-refractivity contribution in [3.05, 3.63) is 0 Å². The van der Waals surface area contributed by atoms with Gasteiger partial charge in [0.1, 0.15) is 0 Å². The molecule has 0 radical (unpaired) electrons. The van der Waals surface area contributed by atoms with E-state index in [0.717, 1.165) is 95.1 Å². The molecule has 0 aromatic rings. The number of esters is 2. The van der Waals surface area contributed by atoms with Crippen molar-refractivity contribution in [3.63, 3.8) is 0 Å². The molecule has 0 aromatic carbocycles. The molecule has 0 amide bonds. The minimum Gasteiger partial charge on any atom is -0.465 e. The first-order valence-corrected chi connectivity index (χ1v) is 25.5. The van der Waals surface area contributed by atoms with Crippen molar-refractivity contribution in [2.75, 3.05) is 44.9 Å². The summed E-state index contributed by atoms with van der Waals surface area (Å²) in [5.74, 6) is 2.17. The Morgan fingerprint density at radius 3 is 1.16 bits per heavy atom. The Morgan fingerprint density at radius 1 is 0.509 bits per heavy atom. The van der Waals surface area contributed by atoms with Crippen molar-refractivity contribution in [2.24, 2.45) is 11.8 Å². The van der Waals surface area contributed by atoms with Crippen LogP contribution in [0, 0.1) is 11.8 Å². The van der Waals surface area contributed by atoms with Crippen LogP contribution in [0.1, 0.15) is 231 Å². The standard InChI is InChI=1S/C48H91NO5S/c1-49(38-42-55-43-39-50)46(36-28-22-30-40-53-47(51)44-32-24-18-14-10-6-2-3-7-11-15-19-25-33-44)37-29-23-31-41-54-48(52)45-34-26-20-16-12-8-4-5-9-13-17-21-27-35-45/h44-46,50H,2-43H2,1H3. The first kappa shape index (κ1) is 50.4. The molecular formula is C48H91NO5S. The highest BCUT2D eigenvalue weighted by Gasteiger charge is 2.21. The molecule has 0 heterocycles. The molecule has 6 nitrogen and oxygen atoms in total. The molecule has 2 fully saturated rings. The Morgan fingerprint density at radius 2 is 0.836 bits per heavy atom. The maximum atomic E-state index is 13.1. The third-order valence-electron chi connectivity index (χ3n) is 12.7. The molecule has 0 aliphatic heterocycles. The summed E-state index contributed by atoms with van der Waals surface area (Å²) >= 11 is 1.83. The molecule has 2 rings (SSSR count). The fraction of sp³-hybridized carbons (Fsp3) is 0.958. The van der Waals surface area contributed by atoms with Crippen LogP contribution < -0.4 is 0 Å². The maximum Gasteiger partial charge on any atom is 0.308 e. The molecule has 2 saturated carbocycles. The van der Waals surface area contributed by atoms with Crippen molar-refractivity contribution in [1.82, 2.24) is 4.90 Å². The van der Waals surface area contributed by atoms with Crippen LogP contribution in [0.3, 0.4) is 0 Å². The van der Waals surface area contributed by atoms with Crippen molar-refractivity contribution in [2.45, 2.75) is 237 Å². The highest BCUT2D eigenvalue weighted by Crippen LogP contribution is 2.24.